The van der Waals surface area contributed by atoms with Crippen molar-refractivity contribution in [1.82, 2.24) is 10.2 Å². The molecule has 11 heteroatoms. The number of carbonyl (C=O) groups is 2. The first-order chi connectivity index (χ1) is 20.7. The number of aliphatic hydroxyl groups excluding tert-OH is 3. The monoisotopic (exact) mass is 726 g/mol. The molecular weight excluding hydrogens is 687 g/mol. The van der Waals surface area contributed by atoms with E-state index in [1.807, 2.05) is 12.1 Å². The van der Waals surface area contributed by atoms with Gasteiger partial charge in [0.2, 0.25) is 11.8 Å². The van der Waals surface area contributed by atoms with Crippen molar-refractivity contribution in [3.05, 3.63) is 67.8 Å². The van der Waals surface area contributed by atoms with Gasteiger partial charge in [-0.15, -0.1) is 0 Å². The number of ether oxygens (including phenoxy) is 2. The standard InChI is InChI=1S/C32H40ClIN2O7/c1-42-28-15-22(19-38)14-25(34)31(28)43-27-17-23(32(41)35-12-13-37)16-26(30(27)40)36(18-21-6-9-24(33)10-7-21)29(39)11-8-20-4-2-3-5-20/h6-7,9-10,14-15,17,20,26-27,30,37-38,40H,2-5,8,11-13,16,18-19H2,1H3,(H,35,41)/t26-,27+,30+/m1/s1. The third-order valence-corrected chi connectivity index (χ3v) is 9.22. The van der Waals surface area contributed by atoms with Crippen molar-refractivity contribution < 1.29 is 34.4 Å². The first-order valence-electron chi connectivity index (χ1n) is 14.7. The van der Waals surface area contributed by atoms with Gasteiger partial charge in [0.05, 0.1) is 29.9 Å². The average molecular weight is 727 g/mol. The first-order valence-corrected chi connectivity index (χ1v) is 16.1. The molecule has 0 bridgehead atoms. The highest BCUT2D eigenvalue weighted by Gasteiger charge is 2.41. The number of carbonyl (C=O) groups excluding carboxylic acids is 2. The minimum absolute atomic E-state index is 0.0675. The summed E-state index contributed by atoms with van der Waals surface area (Å²) in [5, 5.41) is 34.0. The molecule has 1 fully saturated rings. The molecule has 4 rings (SSSR count). The molecule has 2 aliphatic rings. The van der Waals surface area contributed by atoms with Crippen LogP contribution < -0.4 is 14.8 Å². The first kappa shape index (κ1) is 33.5. The number of rotatable bonds is 13. The molecule has 43 heavy (non-hydrogen) atoms. The van der Waals surface area contributed by atoms with Crippen LogP contribution in [0.2, 0.25) is 5.02 Å². The van der Waals surface area contributed by atoms with Gasteiger partial charge in [-0.2, -0.15) is 0 Å². The van der Waals surface area contributed by atoms with E-state index in [9.17, 15) is 24.9 Å². The van der Waals surface area contributed by atoms with Gasteiger partial charge in [-0.1, -0.05) is 49.4 Å². The molecule has 2 aromatic carbocycles. The average Bonchev–Trinajstić information content (AvgIpc) is 3.54. The highest BCUT2D eigenvalue weighted by molar-refractivity contribution is 14.1. The second kappa shape index (κ2) is 16.1. The maximum absolute atomic E-state index is 13.9. The summed E-state index contributed by atoms with van der Waals surface area (Å²) in [6.45, 7) is -0.108. The summed E-state index contributed by atoms with van der Waals surface area (Å²) >= 11 is 8.20. The van der Waals surface area contributed by atoms with Crippen molar-refractivity contribution in [3.63, 3.8) is 0 Å². The van der Waals surface area contributed by atoms with E-state index < -0.39 is 24.2 Å². The lowest BCUT2D eigenvalue weighted by Gasteiger charge is -2.41. The van der Waals surface area contributed by atoms with Crippen LogP contribution in [-0.2, 0) is 22.7 Å². The van der Waals surface area contributed by atoms with E-state index in [4.69, 9.17) is 21.1 Å². The summed E-state index contributed by atoms with van der Waals surface area (Å²) in [5.74, 6) is 0.747. The Morgan fingerprint density at radius 1 is 1.12 bits per heavy atom. The van der Waals surface area contributed by atoms with Crippen LogP contribution in [0.3, 0.4) is 0 Å². The lowest BCUT2D eigenvalue weighted by Crippen LogP contribution is -2.54. The van der Waals surface area contributed by atoms with E-state index in [-0.39, 0.29) is 38.6 Å². The van der Waals surface area contributed by atoms with Gasteiger partial charge in [0.1, 0.15) is 12.2 Å². The molecule has 234 valence electrons. The Kier molecular flexibility index (Phi) is 12.5. The number of hydrogen-bond acceptors (Lipinski definition) is 7. The molecule has 2 amide bonds. The maximum atomic E-state index is 13.9. The zero-order valence-corrected chi connectivity index (χ0v) is 27.2. The Morgan fingerprint density at radius 3 is 2.49 bits per heavy atom. The van der Waals surface area contributed by atoms with Crippen LogP contribution in [0.5, 0.6) is 11.5 Å². The molecule has 0 unspecified atom stereocenters. The Labute approximate surface area is 271 Å². The van der Waals surface area contributed by atoms with Gasteiger partial charge in [-0.25, -0.2) is 0 Å². The topological polar surface area (TPSA) is 129 Å². The second-order valence-corrected chi connectivity index (χ2v) is 12.7. The number of amides is 2. The summed E-state index contributed by atoms with van der Waals surface area (Å²) in [6, 6.07) is 9.87. The van der Waals surface area contributed by atoms with Crippen molar-refractivity contribution in [2.75, 3.05) is 20.3 Å². The van der Waals surface area contributed by atoms with Crippen LogP contribution in [0.4, 0.5) is 0 Å². The largest absolute Gasteiger partial charge is 0.493 e. The summed E-state index contributed by atoms with van der Waals surface area (Å²) in [5.41, 5.74) is 1.83. The molecule has 2 aliphatic carbocycles. The Morgan fingerprint density at radius 2 is 1.84 bits per heavy atom. The van der Waals surface area contributed by atoms with Gasteiger partial charge in [-0.3, -0.25) is 9.59 Å². The van der Waals surface area contributed by atoms with Crippen molar-refractivity contribution in [3.8, 4) is 11.5 Å². The van der Waals surface area contributed by atoms with E-state index in [1.54, 1.807) is 35.2 Å². The molecule has 0 saturated heterocycles. The summed E-state index contributed by atoms with van der Waals surface area (Å²) in [4.78, 5) is 28.7. The van der Waals surface area contributed by atoms with E-state index in [1.165, 1.54) is 20.0 Å². The molecule has 0 radical (unpaired) electrons. The van der Waals surface area contributed by atoms with E-state index in [0.717, 1.165) is 24.8 Å². The van der Waals surface area contributed by atoms with Gasteiger partial charge in [0, 0.05) is 36.5 Å². The number of nitrogens with one attached hydrogen (secondary N) is 1. The van der Waals surface area contributed by atoms with Crippen LogP contribution >= 0.6 is 34.2 Å². The third-order valence-electron chi connectivity index (χ3n) is 8.17. The SMILES string of the molecule is COc1cc(CO)cc(I)c1O[C@H]1C=C(C(=O)NCCO)C[C@@H](N(Cc2ccc(Cl)cc2)C(=O)CCC2CCCC2)[C@@H]1O. The number of halogens is 2. The lowest BCUT2D eigenvalue weighted by molar-refractivity contribution is -0.139. The van der Waals surface area contributed by atoms with E-state index in [2.05, 4.69) is 27.9 Å². The number of aliphatic hydroxyl groups is 3. The predicted molar refractivity (Wildman–Crippen MR) is 172 cm³/mol. The highest BCUT2D eigenvalue weighted by atomic mass is 127. The third kappa shape index (κ3) is 8.85. The van der Waals surface area contributed by atoms with Gasteiger partial charge in [-0.05, 0) is 76.4 Å². The number of methoxy groups -OCH3 is 1. The molecular formula is C32H40ClIN2O7. The molecule has 0 heterocycles. The summed E-state index contributed by atoms with van der Waals surface area (Å²) < 4.78 is 12.5. The fourth-order valence-electron chi connectivity index (χ4n) is 5.84. The summed E-state index contributed by atoms with van der Waals surface area (Å²) in [7, 11) is 1.49. The Hall–Kier alpha value is -2.38. The highest BCUT2D eigenvalue weighted by Crippen LogP contribution is 2.38. The zero-order chi connectivity index (χ0) is 30.9. The number of hydrogen-bond donors (Lipinski definition) is 4. The van der Waals surface area contributed by atoms with Crippen LogP contribution in [-0.4, -0.2) is 70.5 Å². The van der Waals surface area contributed by atoms with Crippen LogP contribution in [0.15, 0.2) is 48.0 Å². The minimum Gasteiger partial charge on any atom is -0.493 e. The normalized spacial score (nSPS) is 20.4. The molecule has 0 aromatic heterocycles. The Balaban J connectivity index is 1.68. The van der Waals surface area contributed by atoms with Crippen molar-refractivity contribution in [1.29, 1.82) is 0 Å². The van der Waals surface area contributed by atoms with Crippen molar-refractivity contribution >= 4 is 46.0 Å². The molecule has 0 aliphatic heterocycles. The molecule has 3 atom stereocenters. The van der Waals surface area contributed by atoms with Gasteiger partial charge < -0.3 is 35.0 Å². The zero-order valence-electron chi connectivity index (χ0n) is 24.3. The summed E-state index contributed by atoms with van der Waals surface area (Å²) in [6.07, 6.45) is 5.27. The Bertz CT molecular complexity index is 1280. The molecule has 0 spiro atoms. The maximum Gasteiger partial charge on any atom is 0.247 e. The molecule has 2 aromatic rings. The van der Waals surface area contributed by atoms with Gasteiger partial charge in [0.15, 0.2) is 11.5 Å². The fraction of sp³-hybridized carbons (Fsp3) is 0.500. The lowest BCUT2D eigenvalue weighted by atomic mass is 9.87. The smallest absolute Gasteiger partial charge is 0.247 e. The number of benzene rings is 2. The fourth-order valence-corrected chi connectivity index (χ4v) is 6.76. The minimum atomic E-state index is -1.17. The van der Waals surface area contributed by atoms with Crippen LogP contribution in [0.1, 0.15) is 56.1 Å². The van der Waals surface area contributed by atoms with Crippen molar-refractivity contribution in [2.24, 2.45) is 5.92 Å². The van der Waals surface area contributed by atoms with Gasteiger partial charge >= 0.3 is 0 Å². The van der Waals surface area contributed by atoms with Crippen LogP contribution in [0, 0.1) is 9.49 Å². The van der Waals surface area contributed by atoms with Crippen molar-refractivity contribution in [2.45, 2.75) is 76.3 Å². The van der Waals surface area contributed by atoms with E-state index in [0.29, 0.717) is 43.6 Å². The molecule has 1 saturated carbocycles. The van der Waals surface area contributed by atoms with E-state index >= 15 is 0 Å². The second-order valence-electron chi connectivity index (χ2n) is 11.1. The number of nitrogens with zero attached hydrogens (tertiary/aromatic N) is 1. The van der Waals surface area contributed by atoms with Crippen LogP contribution in [0.25, 0.3) is 0 Å². The van der Waals surface area contributed by atoms with Gasteiger partial charge in [0.25, 0.3) is 0 Å². The molecule has 9 nitrogen and oxygen atoms in total. The molecule has 4 N–H and O–H groups in total. The quantitative estimate of drug-likeness (QED) is 0.226. The predicted octanol–water partition coefficient (Wildman–Crippen LogP) is 4.36.